The predicted molar refractivity (Wildman–Crippen MR) is 132 cm³/mol. The Morgan fingerprint density at radius 1 is 0.595 bits per heavy atom. The van der Waals surface area contributed by atoms with Crippen LogP contribution >= 0.6 is 0 Å². The number of benzene rings is 2. The number of carbonyl (C=O) groups is 4. The summed E-state index contributed by atoms with van der Waals surface area (Å²) >= 11 is 0. The third kappa shape index (κ3) is 17.7. The third-order valence-corrected chi connectivity index (χ3v) is 4.09. The van der Waals surface area contributed by atoms with Crippen LogP contribution in [-0.4, -0.2) is 80.9 Å². The zero-order valence-electron chi connectivity index (χ0n) is 19.9. The van der Waals surface area contributed by atoms with Gasteiger partial charge < -0.3 is 35.4 Å². The molecule has 0 fully saturated rings. The lowest BCUT2D eigenvalue weighted by atomic mass is 10.1. The summed E-state index contributed by atoms with van der Waals surface area (Å²) in [5.74, 6) is -4.91. The summed E-state index contributed by atoms with van der Waals surface area (Å²) in [6, 6.07) is 17.7. The molecular weight excluding hydrogens is 488 g/mol. The number of hydrogen-bond acceptors (Lipinski definition) is 7. The van der Waals surface area contributed by atoms with Crippen molar-refractivity contribution in [1.82, 2.24) is 0 Å². The van der Waals surface area contributed by atoms with Gasteiger partial charge in [-0.3, -0.25) is 0 Å². The molecule has 11 nitrogen and oxygen atoms in total. The van der Waals surface area contributed by atoms with Crippen LogP contribution in [0.4, 0.5) is 0 Å². The largest absolute Gasteiger partial charge is 0.478 e. The van der Waals surface area contributed by atoms with Gasteiger partial charge in [0, 0.05) is 36.1 Å². The van der Waals surface area contributed by atoms with E-state index in [1.54, 1.807) is 48.5 Å². The molecule has 0 amide bonds. The Hall–Kier alpha value is -4.32. The second-order valence-electron chi connectivity index (χ2n) is 7.01. The van der Waals surface area contributed by atoms with Crippen molar-refractivity contribution < 1.29 is 54.6 Å². The van der Waals surface area contributed by atoms with Gasteiger partial charge in [0.25, 0.3) is 0 Å². The van der Waals surface area contributed by atoms with Gasteiger partial charge in [0.15, 0.2) is 0 Å². The normalized spacial score (nSPS) is 10.8. The number of ether oxygens (including phenoxy) is 1. The highest BCUT2D eigenvalue weighted by Gasteiger charge is 2.10. The molecule has 2 aromatic carbocycles. The van der Waals surface area contributed by atoms with E-state index in [1.165, 1.54) is 0 Å². The molecule has 2 rings (SSSR count). The molecule has 0 bridgehead atoms. The summed E-state index contributed by atoms with van der Waals surface area (Å²) in [6.07, 6.45) is 1.66. The smallest absolute Gasteiger partial charge is 0.332 e. The zero-order chi connectivity index (χ0) is 28.1. The molecule has 11 heteroatoms. The predicted octanol–water partition coefficient (Wildman–Crippen LogP) is 1.64. The lowest BCUT2D eigenvalue weighted by Gasteiger charge is -2.01. The highest BCUT2D eigenvalue weighted by Crippen LogP contribution is 2.09. The molecule has 200 valence electrons. The Bertz CT molecular complexity index is 946. The molecule has 0 heterocycles. The van der Waals surface area contributed by atoms with Crippen molar-refractivity contribution in [2.24, 2.45) is 0 Å². The Morgan fingerprint density at radius 2 is 0.919 bits per heavy atom. The first-order valence-electron chi connectivity index (χ1n) is 10.8. The number of aliphatic carboxylic acids is 4. The fourth-order valence-corrected chi connectivity index (χ4v) is 2.54. The molecule has 0 aromatic heterocycles. The van der Waals surface area contributed by atoms with E-state index in [0.29, 0.717) is 13.2 Å². The number of aliphatic hydroxyl groups excluding tert-OH is 2. The van der Waals surface area contributed by atoms with Crippen molar-refractivity contribution in [3.05, 3.63) is 95.1 Å². The van der Waals surface area contributed by atoms with E-state index < -0.39 is 23.9 Å². The van der Waals surface area contributed by atoms with Gasteiger partial charge in [-0.25, -0.2) is 19.2 Å². The van der Waals surface area contributed by atoms with Crippen LogP contribution < -0.4 is 0 Å². The van der Waals surface area contributed by atoms with E-state index in [1.807, 2.05) is 12.1 Å². The van der Waals surface area contributed by atoms with Gasteiger partial charge in [0.05, 0.1) is 26.4 Å². The molecule has 0 saturated carbocycles. The molecule has 0 aliphatic heterocycles. The molecule has 37 heavy (non-hydrogen) atoms. The van der Waals surface area contributed by atoms with Crippen LogP contribution in [0.3, 0.4) is 0 Å². The topological polar surface area (TPSA) is 199 Å². The molecule has 6 N–H and O–H groups in total. The van der Waals surface area contributed by atoms with Crippen LogP contribution in [0.2, 0.25) is 0 Å². The molecule has 0 unspecified atom stereocenters. The van der Waals surface area contributed by atoms with Crippen molar-refractivity contribution in [2.75, 3.05) is 26.4 Å². The van der Waals surface area contributed by atoms with Crippen molar-refractivity contribution in [2.45, 2.75) is 12.8 Å². The van der Waals surface area contributed by atoms with E-state index in [9.17, 15) is 19.2 Å². The lowest BCUT2D eigenvalue weighted by molar-refractivity contribution is -0.135. The Morgan fingerprint density at radius 3 is 1.16 bits per heavy atom. The first-order chi connectivity index (χ1) is 17.6. The maximum Gasteiger partial charge on any atom is 0.332 e. The van der Waals surface area contributed by atoms with Gasteiger partial charge in [-0.1, -0.05) is 60.7 Å². The molecule has 2 aromatic rings. The van der Waals surface area contributed by atoms with E-state index >= 15 is 0 Å². The van der Waals surface area contributed by atoms with Gasteiger partial charge in [-0.2, -0.15) is 0 Å². The van der Waals surface area contributed by atoms with Crippen molar-refractivity contribution >= 4 is 23.9 Å². The van der Waals surface area contributed by atoms with Crippen molar-refractivity contribution in [3.8, 4) is 0 Å². The van der Waals surface area contributed by atoms with E-state index in [4.69, 9.17) is 30.6 Å². The zero-order valence-corrected chi connectivity index (χ0v) is 19.9. The molecule has 0 radical (unpaired) electrons. The molecule has 0 saturated heterocycles. The van der Waals surface area contributed by atoms with Crippen LogP contribution in [0.5, 0.6) is 0 Å². The highest BCUT2D eigenvalue weighted by atomic mass is 16.5. The van der Waals surface area contributed by atoms with Gasteiger partial charge in [-0.05, 0) is 11.1 Å². The molecular formula is C26H30O11. The molecule has 0 aliphatic carbocycles. The Kier molecular flexibility index (Phi) is 17.6. The SMILES string of the molecule is O=C(O)C=C(Cc1ccccc1)C(=O)O.O=C(O)C=C(Cc1ccccc1)C(=O)O.OCCOCCO. The minimum absolute atomic E-state index is 0.0278. The minimum atomic E-state index is -1.25. The van der Waals surface area contributed by atoms with Gasteiger partial charge in [0.1, 0.15) is 0 Å². The quantitative estimate of drug-likeness (QED) is 0.176. The summed E-state index contributed by atoms with van der Waals surface area (Å²) in [5.41, 5.74) is 1.28. The minimum Gasteiger partial charge on any atom is -0.478 e. The number of carboxylic acids is 4. The standard InChI is InChI=1S/2C11H10O4.C4H10O3/c2*12-10(13)7-9(11(14)15)6-8-4-2-1-3-5-8;5-1-3-7-4-2-6/h2*1-5,7H,6H2,(H,12,13)(H,14,15);5-6H,1-4H2. The molecule has 0 aliphatic rings. The summed E-state index contributed by atoms with van der Waals surface area (Å²) < 4.78 is 4.63. The number of rotatable bonds is 12. The number of carboxylic acid groups (broad SMARTS) is 4. The second-order valence-corrected chi connectivity index (χ2v) is 7.01. The average molecular weight is 519 g/mol. The Balaban J connectivity index is 0.000000563. The van der Waals surface area contributed by atoms with Crippen LogP contribution in [0, 0.1) is 0 Å². The first-order valence-corrected chi connectivity index (χ1v) is 10.8. The van der Waals surface area contributed by atoms with Crippen molar-refractivity contribution in [3.63, 3.8) is 0 Å². The van der Waals surface area contributed by atoms with Crippen LogP contribution in [0.15, 0.2) is 84.0 Å². The maximum atomic E-state index is 10.7. The molecule has 0 spiro atoms. The average Bonchev–Trinajstić information content (AvgIpc) is 2.85. The summed E-state index contributed by atoms with van der Waals surface area (Å²) in [4.78, 5) is 42.1. The number of aliphatic hydroxyl groups is 2. The van der Waals surface area contributed by atoms with Crippen LogP contribution in [0.25, 0.3) is 0 Å². The summed E-state index contributed by atoms with van der Waals surface area (Å²) in [5, 5.41) is 50.6. The van der Waals surface area contributed by atoms with Gasteiger partial charge in [0.2, 0.25) is 0 Å². The third-order valence-electron chi connectivity index (χ3n) is 4.09. The van der Waals surface area contributed by atoms with E-state index in [2.05, 4.69) is 4.74 Å². The number of hydrogen-bond donors (Lipinski definition) is 6. The van der Waals surface area contributed by atoms with Gasteiger partial charge >= 0.3 is 23.9 Å². The summed E-state index contributed by atoms with van der Waals surface area (Å²) in [7, 11) is 0. The van der Waals surface area contributed by atoms with E-state index in [0.717, 1.165) is 23.3 Å². The van der Waals surface area contributed by atoms with Crippen LogP contribution in [-0.2, 0) is 36.8 Å². The molecule has 0 atom stereocenters. The highest BCUT2D eigenvalue weighted by molar-refractivity contribution is 5.95. The lowest BCUT2D eigenvalue weighted by Crippen LogP contribution is -2.06. The Labute approximate surface area is 213 Å². The monoisotopic (exact) mass is 518 g/mol. The van der Waals surface area contributed by atoms with Crippen molar-refractivity contribution in [1.29, 1.82) is 0 Å². The van der Waals surface area contributed by atoms with Gasteiger partial charge in [-0.15, -0.1) is 0 Å². The maximum absolute atomic E-state index is 10.7. The second kappa shape index (κ2) is 19.9. The fourth-order valence-electron chi connectivity index (χ4n) is 2.54. The fraction of sp³-hybridized carbons (Fsp3) is 0.231. The first kappa shape index (κ1) is 32.7. The van der Waals surface area contributed by atoms with E-state index in [-0.39, 0.29) is 37.2 Å². The summed E-state index contributed by atoms with van der Waals surface area (Å²) in [6.45, 7) is 0.696. The van der Waals surface area contributed by atoms with Crippen LogP contribution in [0.1, 0.15) is 11.1 Å².